The molecule has 1 saturated carbocycles. The minimum Gasteiger partial charge on any atom is -0.496 e. The third-order valence-corrected chi connectivity index (χ3v) is 7.92. The third-order valence-electron chi connectivity index (χ3n) is 6.11. The Balaban J connectivity index is 1.76. The number of benzene rings is 2. The second-order valence-corrected chi connectivity index (χ2v) is 10.7. The van der Waals surface area contributed by atoms with Crippen molar-refractivity contribution in [2.24, 2.45) is 0 Å². The quantitative estimate of drug-likeness (QED) is 0.654. The average Bonchev–Trinajstić information content (AvgIpc) is 2.75. The molecule has 2 aromatic rings. The predicted molar refractivity (Wildman–Crippen MR) is 126 cm³/mol. The van der Waals surface area contributed by atoms with Gasteiger partial charge < -0.3 is 10.1 Å². The molecular formula is C25H34N2O4S. The van der Waals surface area contributed by atoms with E-state index in [0.717, 1.165) is 31.2 Å². The number of nitrogens with zero attached hydrogens (tertiary/aromatic N) is 1. The van der Waals surface area contributed by atoms with Crippen LogP contribution in [-0.2, 0) is 16.6 Å². The van der Waals surface area contributed by atoms with Crippen molar-refractivity contribution in [1.29, 1.82) is 0 Å². The van der Waals surface area contributed by atoms with Gasteiger partial charge in [-0.25, -0.2) is 8.42 Å². The standard InChI is InChI=1S/C25H34N2O4S/c1-19-11-14-23(15-12-19)32(29,30)27(2)18-21-17-20(13-16-24(21)31-3)25(28)26-22-9-7-5-4-6-8-10-22/h11-17,22H,4-10,18H2,1-3H3,(H,26,28). The van der Waals surface area contributed by atoms with E-state index in [1.807, 2.05) is 6.92 Å². The van der Waals surface area contributed by atoms with Crippen LogP contribution in [0.4, 0.5) is 0 Å². The molecule has 32 heavy (non-hydrogen) atoms. The summed E-state index contributed by atoms with van der Waals surface area (Å²) >= 11 is 0. The van der Waals surface area contributed by atoms with Crippen molar-refractivity contribution in [1.82, 2.24) is 9.62 Å². The van der Waals surface area contributed by atoms with Crippen molar-refractivity contribution < 1.29 is 17.9 Å². The Hall–Kier alpha value is -2.38. The van der Waals surface area contributed by atoms with Crippen LogP contribution in [0.3, 0.4) is 0 Å². The number of hydrogen-bond acceptors (Lipinski definition) is 4. The fraction of sp³-hybridized carbons (Fsp3) is 0.480. The molecule has 0 bridgehead atoms. The minimum absolute atomic E-state index is 0.101. The highest BCUT2D eigenvalue weighted by Crippen LogP contribution is 2.25. The summed E-state index contributed by atoms with van der Waals surface area (Å²) in [6.07, 6.45) is 8.02. The first-order valence-electron chi connectivity index (χ1n) is 11.3. The van der Waals surface area contributed by atoms with Gasteiger partial charge >= 0.3 is 0 Å². The normalized spacial score (nSPS) is 15.8. The summed E-state index contributed by atoms with van der Waals surface area (Å²) in [5, 5.41) is 3.17. The molecule has 7 heteroatoms. The van der Waals surface area contributed by atoms with Crippen LogP contribution in [0.2, 0.25) is 0 Å². The highest BCUT2D eigenvalue weighted by Gasteiger charge is 2.23. The van der Waals surface area contributed by atoms with E-state index in [9.17, 15) is 13.2 Å². The van der Waals surface area contributed by atoms with Gasteiger partial charge in [0.05, 0.1) is 12.0 Å². The SMILES string of the molecule is COc1ccc(C(=O)NC2CCCCCCC2)cc1CN(C)S(=O)(=O)c1ccc(C)cc1. The van der Waals surface area contributed by atoms with E-state index in [-0.39, 0.29) is 23.4 Å². The molecule has 1 fully saturated rings. The lowest BCUT2D eigenvalue weighted by atomic mass is 9.96. The van der Waals surface area contributed by atoms with Crippen molar-refractivity contribution in [2.45, 2.75) is 69.4 Å². The maximum atomic E-state index is 13.0. The van der Waals surface area contributed by atoms with E-state index in [1.54, 1.807) is 49.6 Å². The van der Waals surface area contributed by atoms with Gasteiger partial charge in [0.2, 0.25) is 10.0 Å². The maximum Gasteiger partial charge on any atom is 0.251 e. The lowest BCUT2D eigenvalue weighted by molar-refractivity contribution is 0.0930. The molecule has 0 unspecified atom stereocenters. The molecule has 1 N–H and O–H groups in total. The zero-order valence-corrected chi connectivity index (χ0v) is 20.1. The van der Waals surface area contributed by atoms with E-state index in [0.29, 0.717) is 16.9 Å². The molecule has 0 aromatic heterocycles. The summed E-state index contributed by atoms with van der Waals surface area (Å²) in [6, 6.07) is 12.2. The molecule has 0 atom stereocenters. The van der Waals surface area contributed by atoms with Crippen LogP contribution in [0, 0.1) is 6.92 Å². The topological polar surface area (TPSA) is 75.7 Å². The predicted octanol–water partition coefficient (Wildman–Crippen LogP) is 4.67. The molecule has 1 aliphatic rings. The van der Waals surface area contributed by atoms with Crippen LogP contribution in [0.15, 0.2) is 47.4 Å². The van der Waals surface area contributed by atoms with Crippen LogP contribution in [-0.4, -0.2) is 38.8 Å². The monoisotopic (exact) mass is 458 g/mol. The van der Waals surface area contributed by atoms with Gasteiger partial charge in [-0.2, -0.15) is 4.31 Å². The molecule has 3 rings (SSSR count). The van der Waals surface area contributed by atoms with Gasteiger partial charge in [0, 0.05) is 30.8 Å². The van der Waals surface area contributed by atoms with Crippen LogP contribution in [0.5, 0.6) is 5.75 Å². The van der Waals surface area contributed by atoms with Gasteiger partial charge in [-0.1, -0.05) is 49.8 Å². The summed E-state index contributed by atoms with van der Waals surface area (Å²) in [6.45, 7) is 2.02. The zero-order valence-electron chi connectivity index (χ0n) is 19.3. The van der Waals surface area contributed by atoms with Gasteiger partial charge in [0.15, 0.2) is 0 Å². The van der Waals surface area contributed by atoms with Crippen LogP contribution in [0.25, 0.3) is 0 Å². The van der Waals surface area contributed by atoms with Crippen LogP contribution in [0.1, 0.15) is 66.4 Å². The summed E-state index contributed by atoms with van der Waals surface area (Å²) in [5.74, 6) is 0.432. The molecular weight excluding hydrogens is 424 g/mol. The highest BCUT2D eigenvalue weighted by molar-refractivity contribution is 7.89. The largest absolute Gasteiger partial charge is 0.496 e. The number of rotatable bonds is 7. The van der Waals surface area contributed by atoms with E-state index >= 15 is 0 Å². The first-order valence-corrected chi connectivity index (χ1v) is 12.8. The van der Waals surface area contributed by atoms with Crippen molar-refractivity contribution >= 4 is 15.9 Å². The first-order chi connectivity index (χ1) is 15.3. The molecule has 0 heterocycles. The van der Waals surface area contributed by atoms with Gasteiger partial charge in [-0.15, -0.1) is 0 Å². The summed E-state index contributed by atoms with van der Waals surface area (Å²) < 4.78 is 32.7. The van der Waals surface area contributed by atoms with Gasteiger partial charge in [0.25, 0.3) is 5.91 Å². The van der Waals surface area contributed by atoms with Crippen LogP contribution < -0.4 is 10.1 Å². The number of amides is 1. The number of carbonyl (C=O) groups excluding carboxylic acids is 1. The molecule has 2 aromatic carbocycles. The number of nitrogens with one attached hydrogen (secondary N) is 1. The Bertz CT molecular complexity index is 1010. The third kappa shape index (κ3) is 6.11. The average molecular weight is 459 g/mol. The maximum absolute atomic E-state index is 13.0. The zero-order chi connectivity index (χ0) is 23.1. The summed E-state index contributed by atoms with van der Waals surface area (Å²) in [4.78, 5) is 13.2. The Morgan fingerprint density at radius 2 is 1.66 bits per heavy atom. The summed E-state index contributed by atoms with van der Waals surface area (Å²) in [5.41, 5.74) is 2.16. The van der Waals surface area contributed by atoms with Crippen molar-refractivity contribution in [3.63, 3.8) is 0 Å². The molecule has 0 spiro atoms. The molecule has 1 amide bonds. The van der Waals surface area contributed by atoms with Crippen LogP contribution >= 0.6 is 0 Å². The van der Waals surface area contributed by atoms with Crippen molar-refractivity contribution in [3.8, 4) is 5.75 Å². The molecule has 0 saturated heterocycles. The lowest BCUT2D eigenvalue weighted by Gasteiger charge is -2.22. The van der Waals surface area contributed by atoms with E-state index in [2.05, 4.69) is 5.32 Å². The number of ether oxygens (including phenoxy) is 1. The van der Waals surface area contributed by atoms with Gasteiger partial charge in [0.1, 0.15) is 5.75 Å². The van der Waals surface area contributed by atoms with E-state index in [4.69, 9.17) is 4.74 Å². The Kier molecular flexibility index (Phi) is 8.32. The number of hydrogen-bond donors (Lipinski definition) is 1. The lowest BCUT2D eigenvalue weighted by Crippen LogP contribution is -2.35. The number of sulfonamides is 1. The molecule has 6 nitrogen and oxygen atoms in total. The second-order valence-electron chi connectivity index (χ2n) is 8.62. The van der Waals surface area contributed by atoms with E-state index in [1.165, 1.54) is 30.6 Å². The van der Waals surface area contributed by atoms with Crippen molar-refractivity contribution in [2.75, 3.05) is 14.2 Å². The Morgan fingerprint density at radius 3 is 2.28 bits per heavy atom. The van der Waals surface area contributed by atoms with Gasteiger partial charge in [-0.3, -0.25) is 4.79 Å². The minimum atomic E-state index is -3.66. The molecule has 174 valence electrons. The fourth-order valence-electron chi connectivity index (χ4n) is 4.13. The summed E-state index contributed by atoms with van der Waals surface area (Å²) in [7, 11) is -0.584. The van der Waals surface area contributed by atoms with Gasteiger partial charge in [-0.05, 0) is 50.1 Å². The Labute approximate surface area is 192 Å². The van der Waals surface area contributed by atoms with Crippen molar-refractivity contribution in [3.05, 3.63) is 59.2 Å². The fourth-order valence-corrected chi connectivity index (χ4v) is 5.28. The smallest absolute Gasteiger partial charge is 0.251 e. The first kappa shape index (κ1) is 24.3. The molecule has 0 aliphatic heterocycles. The number of carbonyl (C=O) groups is 1. The molecule has 1 aliphatic carbocycles. The Morgan fingerprint density at radius 1 is 1.03 bits per heavy atom. The van der Waals surface area contributed by atoms with E-state index < -0.39 is 10.0 Å². The highest BCUT2D eigenvalue weighted by atomic mass is 32.2. The second kappa shape index (κ2) is 11.0. The number of aryl methyl sites for hydroxylation is 1. The number of methoxy groups -OCH3 is 1. The molecule has 0 radical (unpaired) electrons.